The zero-order chi connectivity index (χ0) is 17.9. The molecule has 0 amide bonds. The third-order valence-corrected chi connectivity index (χ3v) is 3.59. The fraction of sp³-hybridized carbons (Fsp3) is 0.500. The van der Waals surface area contributed by atoms with E-state index < -0.39 is 43.1 Å². The fourth-order valence-corrected chi connectivity index (χ4v) is 2.61. The SMILES string of the molecule is CC(=O)O[C@@H]1[C@H](OC(C)=O)[C@@H](CO)O[C@H]1[n+]1cccc(C(C)=O)c1. The molecule has 1 aromatic rings. The number of ketones is 1. The van der Waals surface area contributed by atoms with Crippen molar-refractivity contribution in [3.63, 3.8) is 0 Å². The molecule has 0 spiro atoms. The van der Waals surface area contributed by atoms with E-state index in [1.54, 1.807) is 29.1 Å². The summed E-state index contributed by atoms with van der Waals surface area (Å²) in [5.41, 5.74) is 0.444. The lowest BCUT2D eigenvalue weighted by molar-refractivity contribution is -0.765. The number of esters is 2. The Hall–Kier alpha value is -2.32. The summed E-state index contributed by atoms with van der Waals surface area (Å²) < 4.78 is 17.7. The monoisotopic (exact) mass is 338 g/mol. The Kier molecular flexibility index (Phi) is 5.63. The van der Waals surface area contributed by atoms with Gasteiger partial charge in [0.25, 0.3) is 0 Å². The maximum atomic E-state index is 11.6. The first-order valence-corrected chi connectivity index (χ1v) is 7.46. The number of nitrogens with zero attached hydrogens (tertiary/aromatic N) is 1. The number of carbonyl (C=O) groups excluding carboxylic acids is 3. The molecule has 0 bridgehead atoms. The Morgan fingerprint density at radius 1 is 1.17 bits per heavy atom. The highest BCUT2D eigenvalue weighted by Gasteiger charge is 2.54. The average Bonchev–Trinajstić information content (AvgIpc) is 2.84. The third-order valence-electron chi connectivity index (χ3n) is 3.59. The molecule has 130 valence electrons. The molecule has 24 heavy (non-hydrogen) atoms. The molecule has 8 nitrogen and oxygen atoms in total. The van der Waals surface area contributed by atoms with Gasteiger partial charge in [-0.1, -0.05) is 0 Å². The molecule has 1 aromatic heterocycles. The first kappa shape index (κ1) is 18.0. The highest BCUT2D eigenvalue weighted by Crippen LogP contribution is 2.30. The van der Waals surface area contributed by atoms with Crippen molar-refractivity contribution in [2.45, 2.75) is 45.3 Å². The summed E-state index contributed by atoms with van der Waals surface area (Å²) in [6.07, 6.45) is -0.399. The summed E-state index contributed by atoms with van der Waals surface area (Å²) in [5.74, 6) is -1.29. The molecule has 0 aromatic carbocycles. The number of Topliss-reactive ketones (excluding diaryl/α,β-unsaturated/α-hetero) is 1. The normalized spacial score (nSPS) is 26.0. The van der Waals surface area contributed by atoms with Gasteiger partial charge in [0.2, 0.25) is 6.10 Å². The molecule has 1 N–H and O–H groups in total. The lowest BCUT2D eigenvalue weighted by atomic mass is 10.1. The molecule has 0 aliphatic carbocycles. The molecule has 1 fully saturated rings. The van der Waals surface area contributed by atoms with E-state index in [0.29, 0.717) is 5.56 Å². The highest BCUT2D eigenvalue weighted by molar-refractivity contribution is 5.93. The molecule has 1 saturated heterocycles. The summed E-state index contributed by atoms with van der Waals surface area (Å²) >= 11 is 0. The second-order valence-electron chi connectivity index (χ2n) is 5.49. The van der Waals surface area contributed by atoms with Crippen molar-refractivity contribution < 1.29 is 38.3 Å². The lowest BCUT2D eigenvalue weighted by Crippen LogP contribution is -2.48. The van der Waals surface area contributed by atoms with Gasteiger partial charge in [0.05, 0.1) is 12.2 Å². The molecular formula is C16H20NO7+. The van der Waals surface area contributed by atoms with Crippen molar-refractivity contribution in [3.8, 4) is 0 Å². The standard InChI is InChI=1S/C16H20NO7/c1-9(19)12-5-4-6-17(7-12)16-15(23-11(3)21)14(22-10(2)20)13(8-18)24-16/h4-7,13-16,18H,8H2,1-3H3/q+1/t13-,14-,15-,16-/m1/s1. The van der Waals surface area contributed by atoms with Crippen LogP contribution in [0.5, 0.6) is 0 Å². The third kappa shape index (κ3) is 3.95. The van der Waals surface area contributed by atoms with E-state index >= 15 is 0 Å². The smallest absolute Gasteiger partial charge is 0.304 e. The van der Waals surface area contributed by atoms with E-state index in [1.165, 1.54) is 20.8 Å². The average molecular weight is 338 g/mol. The molecule has 1 aliphatic rings. The minimum Gasteiger partial charge on any atom is -0.455 e. The van der Waals surface area contributed by atoms with Crippen molar-refractivity contribution in [3.05, 3.63) is 30.1 Å². The Labute approximate surface area is 138 Å². The summed E-state index contributed by atoms with van der Waals surface area (Å²) in [6.45, 7) is 3.46. The highest BCUT2D eigenvalue weighted by atomic mass is 16.6. The first-order chi connectivity index (χ1) is 11.3. The summed E-state index contributed by atoms with van der Waals surface area (Å²) in [6, 6.07) is 3.29. The van der Waals surface area contributed by atoms with Gasteiger partial charge in [0.15, 0.2) is 24.3 Å². The quantitative estimate of drug-likeness (QED) is 0.455. The number of aliphatic hydroxyl groups is 1. The Morgan fingerprint density at radius 3 is 2.33 bits per heavy atom. The summed E-state index contributed by atoms with van der Waals surface area (Å²) in [4.78, 5) is 34.3. The van der Waals surface area contributed by atoms with Crippen LogP contribution < -0.4 is 4.57 Å². The van der Waals surface area contributed by atoms with Crippen molar-refractivity contribution in [1.82, 2.24) is 0 Å². The number of rotatable bonds is 5. The van der Waals surface area contributed by atoms with Crippen LogP contribution in [0, 0.1) is 0 Å². The van der Waals surface area contributed by atoms with Crippen molar-refractivity contribution >= 4 is 17.7 Å². The molecule has 0 radical (unpaired) electrons. The van der Waals surface area contributed by atoms with Crippen LogP contribution >= 0.6 is 0 Å². The van der Waals surface area contributed by atoms with Crippen LogP contribution in [0.15, 0.2) is 24.5 Å². The van der Waals surface area contributed by atoms with Gasteiger partial charge in [0.1, 0.15) is 6.10 Å². The molecule has 8 heteroatoms. The van der Waals surface area contributed by atoms with Crippen LogP contribution in [0.4, 0.5) is 0 Å². The summed E-state index contributed by atoms with van der Waals surface area (Å²) in [5, 5.41) is 9.49. The Balaban J connectivity index is 2.38. The van der Waals surface area contributed by atoms with Gasteiger partial charge in [-0.05, 0) is 13.0 Å². The van der Waals surface area contributed by atoms with Gasteiger partial charge < -0.3 is 19.3 Å². The minimum absolute atomic E-state index is 0.137. The van der Waals surface area contributed by atoms with E-state index in [0.717, 1.165) is 0 Å². The molecule has 2 rings (SSSR count). The number of hydrogen-bond acceptors (Lipinski definition) is 7. The van der Waals surface area contributed by atoms with E-state index in [-0.39, 0.29) is 5.78 Å². The minimum atomic E-state index is -0.949. The van der Waals surface area contributed by atoms with Gasteiger partial charge in [-0.15, -0.1) is 0 Å². The number of pyridine rings is 1. The van der Waals surface area contributed by atoms with Gasteiger partial charge in [0, 0.05) is 19.9 Å². The number of aromatic nitrogens is 1. The van der Waals surface area contributed by atoms with Crippen molar-refractivity contribution in [1.29, 1.82) is 0 Å². The lowest BCUT2D eigenvalue weighted by Gasteiger charge is -2.20. The topological polar surface area (TPSA) is 103 Å². The van der Waals surface area contributed by atoms with E-state index in [2.05, 4.69) is 0 Å². The molecule has 4 atom stereocenters. The number of aliphatic hydroxyl groups excluding tert-OH is 1. The zero-order valence-corrected chi connectivity index (χ0v) is 13.7. The summed E-state index contributed by atoms with van der Waals surface area (Å²) in [7, 11) is 0. The fourth-order valence-electron chi connectivity index (χ4n) is 2.61. The van der Waals surface area contributed by atoms with Gasteiger partial charge in [-0.25, -0.2) is 0 Å². The largest absolute Gasteiger partial charge is 0.455 e. The van der Waals surface area contributed by atoms with Gasteiger partial charge >= 0.3 is 18.2 Å². The van der Waals surface area contributed by atoms with E-state index in [9.17, 15) is 19.5 Å². The molecule has 0 saturated carbocycles. The van der Waals surface area contributed by atoms with Crippen LogP contribution in [0.2, 0.25) is 0 Å². The van der Waals surface area contributed by atoms with Crippen molar-refractivity contribution in [2.75, 3.05) is 6.61 Å². The Bertz CT molecular complexity index is 645. The molecular weight excluding hydrogens is 318 g/mol. The van der Waals surface area contributed by atoms with Crippen LogP contribution in [0.25, 0.3) is 0 Å². The Morgan fingerprint density at radius 2 is 1.79 bits per heavy atom. The molecule has 1 aliphatic heterocycles. The predicted octanol–water partition coefficient (Wildman–Crippen LogP) is -0.0702. The number of hydrogen-bond donors (Lipinski definition) is 1. The number of carbonyl (C=O) groups is 3. The van der Waals surface area contributed by atoms with Gasteiger partial charge in [-0.3, -0.25) is 14.4 Å². The van der Waals surface area contributed by atoms with Crippen molar-refractivity contribution in [2.24, 2.45) is 0 Å². The molecule has 0 unspecified atom stereocenters. The molecule has 2 heterocycles. The maximum absolute atomic E-state index is 11.6. The zero-order valence-electron chi connectivity index (χ0n) is 13.7. The van der Waals surface area contributed by atoms with E-state index in [4.69, 9.17) is 14.2 Å². The van der Waals surface area contributed by atoms with Crippen LogP contribution in [-0.4, -0.2) is 47.7 Å². The number of ether oxygens (including phenoxy) is 3. The van der Waals surface area contributed by atoms with Crippen LogP contribution in [-0.2, 0) is 23.8 Å². The van der Waals surface area contributed by atoms with Crippen LogP contribution in [0.1, 0.15) is 37.4 Å². The first-order valence-electron chi connectivity index (χ1n) is 7.46. The predicted molar refractivity (Wildman–Crippen MR) is 78.7 cm³/mol. The van der Waals surface area contributed by atoms with Gasteiger partial charge in [-0.2, -0.15) is 4.57 Å². The van der Waals surface area contributed by atoms with E-state index in [1.807, 2.05) is 0 Å². The second kappa shape index (κ2) is 7.50. The maximum Gasteiger partial charge on any atom is 0.304 e. The second-order valence-corrected chi connectivity index (χ2v) is 5.49. The van der Waals surface area contributed by atoms with Crippen LogP contribution in [0.3, 0.4) is 0 Å².